The smallest absolute Gasteiger partial charge is 0.0900 e. The van der Waals surface area contributed by atoms with Gasteiger partial charge in [-0.2, -0.15) is 0 Å². The van der Waals surface area contributed by atoms with Crippen molar-refractivity contribution in [3.05, 3.63) is 30.1 Å². The number of pyridine rings is 1. The molecule has 1 aromatic rings. The van der Waals surface area contributed by atoms with Crippen LogP contribution < -0.4 is 0 Å². The van der Waals surface area contributed by atoms with Crippen LogP contribution in [0.25, 0.3) is 0 Å². The van der Waals surface area contributed by atoms with Crippen LogP contribution in [0.1, 0.15) is 25.5 Å². The van der Waals surface area contributed by atoms with Crippen molar-refractivity contribution in [1.82, 2.24) is 9.88 Å². The van der Waals surface area contributed by atoms with Gasteiger partial charge in [0.2, 0.25) is 0 Å². The average molecular weight is 294 g/mol. The molecule has 1 N–H and O–H groups in total. The molecule has 0 aliphatic carbocycles. The van der Waals surface area contributed by atoms with E-state index in [2.05, 4.69) is 16.8 Å². The van der Waals surface area contributed by atoms with Crippen LogP contribution in [-0.2, 0) is 16.0 Å². The Morgan fingerprint density at radius 3 is 2.90 bits per heavy atom. The highest BCUT2D eigenvalue weighted by atomic mass is 16.5. The largest absolute Gasteiger partial charge is 0.389 e. The summed E-state index contributed by atoms with van der Waals surface area (Å²) in [6, 6.07) is 5.91. The van der Waals surface area contributed by atoms with Crippen LogP contribution in [0.5, 0.6) is 0 Å². The molecule has 0 amide bonds. The third kappa shape index (κ3) is 6.09. The lowest BCUT2D eigenvalue weighted by Crippen LogP contribution is -2.36. The number of nitrogens with zero attached hydrogens (tertiary/aromatic N) is 2. The second kappa shape index (κ2) is 9.10. The number of likely N-dealkylation sites (N-methyl/N-ethyl adjacent to an activating group) is 1. The van der Waals surface area contributed by atoms with Crippen molar-refractivity contribution >= 4 is 0 Å². The lowest BCUT2D eigenvalue weighted by molar-refractivity contribution is -0.0643. The molecule has 118 valence electrons. The molecule has 1 saturated heterocycles. The third-order valence-corrected chi connectivity index (χ3v) is 3.72. The first-order valence-electron chi connectivity index (χ1n) is 7.77. The molecule has 21 heavy (non-hydrogen) atoms. The summed E-state index contributed by atoms with van der Waals surface area (Å²) in [4.78, 5) is 6.51. The van der Waals surface area contributed by atoms with Gasteiger partial charge in [-0.3, -0.25) is 9.88 Å². The Bertz CT molecular complexity index is 382. The van der Waals surface area contributed by atoms with Crippen molar-refractivity contribution in [1.29, 1.82) is 0 Å². The standard InChI is InChI=1S/C16H26N2O3/c1-2-18(11-14-5-3-4-8-17-14)12-15(19)13-21-16-6-9-20-10-7-16/h3-5,8,15-16,19H,2,6-7,9-13H2,1H3. The summed E-state index contributed by atoms with van der Waals surface area (Å²) in [5.41, 5.74) is 1.02. The Balaban J connectivity index is 1.70. The molecule has 0 radical (unpaired) electrons. The number of aliphatic hydroxyl groups is 1. The van der Waals surface area contributed by atoms with Gasteiger partial charge in [0.15, 0.2) is 0 Å². The summed E-state index contributed by atoms with van der Waals surface area (Å²) in [5.74, 6) is 0. The fourth-order valence-electron chi connectivity index (χ4n) is 2.47. The average Bonchev–Trinajstić information content (AvgIpc) is 2.54. The predicted molar refractivity (Wildman–Crippen MR) is 81.0 cm³/mol. The molecular weight excluding hydrogens is 268 g/mol. The van der Waals surface area contributed by atoms with Gasteiger partial charge < -0.3 is 14.6 Å². The fraction of sp³-hybridized carbons (Fsp3) is 0.688. The van der Waals surface area contributed by atoms with Gasteiger partial charge in [-0.25, -0.2) is 0 Å². The number of ether oxygens (including phenoxy) is 2. The van der Waals surface area contributed by atoms with Crippen LogP contribution in [0.3, 0.4) is 0 Å². The highest BCUT2D eigenvalue weighted by Crippen LogP contribution is 2.11. The van der Waals surface area contributed by atoms with Crippen LogP contribution >= 0.6 is 0 Å². The minimum atomic E-state index is -0.462. The van der Waals surface area contributed by atoms with Gasteiger partial charge in [0, 0.05) is 32.5 Å². The van der Waals surface area contributed by atoms with E-state index in [9.17, 15) is 5.11 Å². The molecule has 0 saturated carbocycles. The van der Waals surface area contributed by atoms with E-state index in [1.165, 1.54) is 0 Å². The second-order valence-corrected chi connectivity index (χ2v) is 5.45. The molecule has 0 spiro atoms. The third-order valence-electron chi connectivity index (χ3n) is 3.72. The molecule has 1 atom stereocenters. The van der Waals surface area contributed by atoms with E-state index in [1.54, 1.807) is 6.20 Å². The van der Waals surface area contributed by atoms with Crippen molar-refractivity contribution in [3.63, 3.8) is 0 Å². The lowest BCUT2D eigenvalue weighted by Gasteiger charge is -2.26. The summed E-state index contributed by atoms with van der Waals surface area (Å²) < 4.78 is 11.1. The number of hydrogen-bond donors (Lipinski definition) is 1. The molecule has 1 aliphatic rings. The van der Waals surface area contributed by atoms with Crippen molar-refractivity contribution in [2.24, 2.45) is 0 Å². The highest BCUT2D eigenvalue weighted by Gasteiger charge is 2.17. The quantitative estimate of drug-likeness (QED) is 0.786. The van der Waals surface area contributed by atoms with E-state index in [-0.39, 0.29) is 6.10 Å². The minimum Gasteiger partial charge on any atom is -0.389 e. The van der Waals surface area contributed by atoms with Crippen LogP contribution in [0.2, 0.25) is 0 Å². The molecule has 5 nitrogen and oxygen atoms in total. The van der Waals surface area contributed by atoms with Crippen molar-refractivity contribution in [2.75, 3.05) is 32.9 Å². The van der Waals surface area contributed by atoms with Crippen LogP contribution in [-0.4, -0.2) is 60.1 Å². The molecule has 1 unspecified atom stereocenters. The van der Waals surface area contributed by atoms with Crippen LogP contribution in [0.4, 0.5) is 0 Å². The first-order valence-corrected chi connectivity index (χ1v) is 7.77. The van der Waals surface area contributed by atoms with E-state index in [0.29, 0.717) is 13.2 Å². The van der Waals surface area contributed by atoms with E-state index in [4.69, 9.17) is 9.47 Å². The van der Waals surface area contributed by atoms with Crippen molar-refractivity contribution in [2.45, 2.75) is 38.5 Å². The minimum absolute atomic E-state index is 0.235. The highest BCUT2D eigenvalue weighted by molar-refractivity contribution is 5.03. The first kappa shape index (κ1) is 16.4. The van der Waals surface area contributed by atoms with Crippen molar-refractivity contribution < 1.29 is 14.6 Å². The zero-order chi connectivity index (χ0) is 14.9. The Kier molecular flexibility index (Phi) is 7.09. The zero-order valence-corrected chi connectivity index (χ0v) is 12.8. The number of hydrogen-bond acceptors (Lipinski definition) is 5. The molecular formula is C16H26N2O3. The second-order valence-electron chi connectivity index (χ2n) is 5.45. The molecule has 1 fully saturated rings. The number of aromatic nitrogens is 1. The predicted octanol–water partition coefficient (Wildman–Crippen LogP) is 1.46. The summed E-state index contributed by atoms with van der Waals surface area (Å²) in [5, 5.41) is 10.1. The zero-order valence-electron chi connectivity index (χ0n) is 12.8. The summed E-state index contributed by atoms with van der Waals surface area (Å²) >= 11 is 0. The van der Waals surface area contributed by atoms with E-state index in [0.717, 1.165) is 44.8 Å². The van der Waals surface area contributed by atoms with Gasteiger partial charge in [-0.15, -0.1) is 0 Å². The van der Waals surface area contributed by atoms with E-state index < -0.39 is 6.10 Å². The van der Waals surface area contributed by atoms with Gasteiger partial charge in [0.25, 0.3) is 0 Å². The molecule has 1 aromatic heterocycles. The van der Waals surface area contributed by atoms with Gasteiger partial charge in [0.05, 0.1) is 24.5 Å². The molecule has 2 heterocycles. The molecule has 0 aromatic carbocycles. The Morgan fingerprint density at radius 1 is 1.43 bits per heavy atom. The Hall–Kier alpha value is -1.01. The van der Waals surface area contributed by atoms with Gasteiger partial charge >= 0.3 is 0 Å². The van der Waals surface area contributed by atoms with E-state index >= 15 is 0 Å². The Morgan fingerprint density at radius 2 is 2.24 bits per heavy atom. The number of rotatable bonds is 8. The maximum Gasteiger partial charge on any atom is 0.0900 e. The van der Waals surface area contributed by atoms with Crippen molar-refractivity contribution in [3.8, 4) is 0 Å². The number of aliphatic hydroxyl groups excluding tert-OH is 1. The topological polar surface area (TPSA) is 54.8 Å². The molecule has 5 heteroatoms. The fourth-order valence-corrected chi connectivity index (χ4v) is 2.47. The van der Waals surface area contributed by atoms with Gasteiger partial charge in [-0.05, 0) is 31.5 Å². The molecule has 2 rings (SSSR count). The first-order chi connectivity index (χ1) is 10.3. The van der Waals surface area contributed by atoms with Crippen LogP contribution in [0.15, 0.2) is 24.4 Å². The SMILES string of the molecule is CCN(Cc1ccccn1)CC(O)COC1CCOCC1. The van der Waals surface area contributed by atoms with Gasteiger partial charge in [-0.1, -0.05) is 13.0 Å². The van der Waals surface area contributed by atoms with Gasteiger partial charge in [0.1, 0.15) is 0 Å². The normalized spacial score (nSPS) is 18.0. The monoisotopic (exact) mass is 294 g/mol. The van der Waals surface area contributed by atoms with E-state index in [1.807, 2.05) is 18.2 Å². The van der Waals surface area contributed by atoms with Crippen LogP contribution in [0, 0.1) is 0 Å². The summed E-state index contributed by atoms with van der Waals surface area (Å²) in [6.07, 6.45) is 3.43. The lowest BCUT2D eigenvalue weighted by atomic mass is 10.1. The maximum atomic E-state index is 10.1. The summed E-state index contributed by atoms with van der Waals surface area (Å²) in [6.45, 7) is 6.26. The molecule has 0 bridgehead atoms. The summed E-state index contributed by atoms with van der Waals surface area (Å²) in [7, 11) is 0. The molecule has 1 aliphatic heterocycles. The Labute approximate surface area is 126 Å². The maximum absolute atomic E-state index is 10.1.